The second-order valence-electron chi connectivity index (χ2n) is 4.94. The molecule has 1 atom stereocenters. The number of amides is 2. The molecule has 1 heterocycles. The molecule has 0 aliphatic carbocycles. The van der Waals surface area contributed by atoms with Crippen LogP contribution in [0.25, 0.3) is 0 Å². The topological polar surface area (TPSA) is 41.1 Å². The fraction of sp³-hybridized carbons (Fsp3) is 0.357. The Morgan fingerprint density at radius 1 is 1.33 bits per heavy atom. The van der Waals surface area contributed by atoms with Crippen molar-refractivity contribution < 1.29 is 18.0 Å². The SMILES string of the molecule is CC(C)C#CC1(C(F)(F)F)NC(=O)Nc2cc(Br)ccc21. The Morgan fingerprint density at radius 2 is 2.00 bits per heavy atom. The predicted octanol–water partition coefficient (Wildman–Crippen LogP) is 4.00. The van der Waals surface area contributed by atoms with Crippen molar-refractivity contribution in [3.63, 3.8) is 0 Å². The third-order valence-corrected chi connectivity index (χ3v) is 3.40. The normalized spacial score (nSPS) is 21.0. The van der Waals surface area contributed by atoms with Gasteiger partial charge < -0.3 is 10.6 Å². The van der Waals surface area contributed by atoms with Crippen molar-refractivity contribution in [2.45, 2.75) is 25.6 Å². The second kappa shape index (κ2) is 5.26. The largest absolute Gasteiger partial charge is 0.427 e. The lowest BCUT2D eigenvalue weighted by Crippen LogP contribution is -2.59. The molecule has 0 bridgehead atoms. The van der Waals surface area contributed by atoms with Crippen LogP contribution in [0.1, 0.15) is 19.4 Å². The zero-order chi connectivity index (χ0) is 15.8. The zero-order valence-corrected chi connectivity index (χ0v) is 12.8. The first-order valence-electron chi connectivity index (χ1n) is 6.14. The summed E-state index contributed by atoms with van der Waals surface area (Å²) in [6.45, 7) is 3.37. The predicted molar refractivity (Wildman–Crippen MR) is 76.6 cm³/mol. The van der Waals surface area contributed by atoms with Gasteiger partial charge in [-0.05, 0) is 12.1 Å². The molecular weight excluding hydrogens is 349 g/mol. The van der Waals surface area contributed by atoms with E-state index in [0.29, 0.717) is 4.47 Å². The van der Waals surface area contributed by atoms with Gasteiger partial charge >= 0.3 is 12.2 Å². The number of benzene rings is 1. The number of fused-ring (bicyclic) bond motifs is 1. The fourth-order valence-corrected chi connectivity index (χ4v) is 2.34. The molecule has 1 aliphatic heterocycles. The summed E-state index contributed by atoms with van der Waals surface area (Å²) in [5.41, 5.74) is -2.73. The summed E-state index contributed by atoms with van der Waals surface area (Å²) in [6, 6.07) is 3.27. The average molecular weight is 361 g/mol. The molecule has 0 radical (unpaired) electrons. The Balaban J connectivity index is 2.73. The molecule has 7 heteroatoms. The van der Waals surface area contributed by atoms with E-state index in [4.69, 9.17) is 0 Å². The van der Waals surface area contributed by atoms with Gasteiger partial charge in [-0.3, -0.25) is 0 Å². The third-order valence-electron chi connectivity index (χ3n) is 2.91. The molecule has 2 amide bonds. The van der Waals surface area contributed by atoms with Crippen molar-refractivity contribution in [2.75, 3.05) is 5.32 Å². The highest BCUT2D eigenvalue weighted by atomic mass is 79.9. The second-order valence-corrected chi connectivity index (χ2v) is 5.86. The summed E-state index contributed by atoms with van der Waals surface area (Å²) in [5, 5.41) is 4.30. The lowest BCUT2D eigenvalue weighted by molar-refractivity contribution is -0.178. The highest BCUT2D eigenvalue weighted by molar-refractivity contribution is 9.10. The molecule has 112 valence electrons. The monoisotopic (exact) mass is 360 g/mol. The Hall–Kier alpha value is -1.68. The van der Waals surface area contributed by atoms with Gasteiger partial charge in [0.1, 0.15) is 0 Å². The van der Waals surface area contributed by atoms with Gasteiger partial charge in [0.05, 0.1) is 5.69 Å². The van der Waals surface area contributed by atoms with Gasteiger partial charge in [-0.2, -0.15) is 13.2 Å². The minimum absolute atomic E-state index is 0.0866. The van der Waals surface area contributed by atoms with Gasteiger partial charge in [-0.25, -0.2) is 4.79 Å². The molecular formula is C14H12BrF3N2O. The molecule has 2 rings (SSSR count). The van der Waals surface area contributed by atoms with E-state index in [-0.39, 0.29) is 17.2 Å². The highest BCUT2D eigenvalue weighted by Crippen LogP contribution is 2.44. The van der Waals surface area contributed by atoms with Gasteiger partial charge in [0.15, 0.2) is 0 Å². The van der Waals surface area contributed by atoms with Crippen LogP contribution < -0.4 is 10.6 Å². The molecule has 0 fully saturated rings. The van der Waals surface area contributed by atoms with E-state index < -0.39 is 17.7 Å². The van der Waals surface area contributed by atoms with Crippen LogP contribution in [0.3, 0.4) is 0 Å². The van der Waals surface area contributed by atoms with E-state index in [0.717, 1.165) is 0 Å². The van der Waals surface area contributed by atoms with Crippen molar-refractivity contribution >= 4 is 27.6 Å². The van der Waals surface area contributed by atoms with Gasteiger partial charge in [0.25, 0.3) is 0 Å². The smallest absolute Gasteiger partial charge is 0.310 e. The van der Waals surface area contributed by atoms with Gasteiger partial charge in [0, 0.05) is 16.0 Å². The van der Waals surface area contributed by atoms with Crippen LogP contribution in [0.4, 0.5) is 23.7 Å². The fourth-order valence-electron chi connectivity index (χ4n) is 1.98. The standard InChI is InChI=1S/C14H12BrF3N2O/c1-8(2)5-6-13(14(16,17)18)10-4-3-9(15)7-11(10)19-12(21)20-13/h3-4,7-8H,1-2H3,(H2,19,20,21). The molecule has 2 N–H and O–H groups in total. The van der Waals surface area contributed by atoms with Crippen LogP contribution in [0, 0.1) is 17.8 Å². The Morgan fingerprint density at radius 3 is 2.57 bits per heavy atom. The summed E-state index contributed by atoms with van der Waals surface area (Å²) in [6.07, 6.45) is -4.74. The van der Waals surface area contributed by atoms with E-state index in [1.807, 2.05) is 5.32 Å². The number of halogens is 4. The molecule has 21 heavy (non-hydrogen) atoms. The summed E-state index contributed by atoms with van der Waals surface area (Å²) in [7, 11) is 0. The van der Waals surface area contributed by atoms with E-state index >= 15 is 0 Å². The molecule has 3 nitrogen and oxygen atoms in total. The summed E-state index contributed by atoms with van der Waals surface area (Å²) in [4.78, 5) is 11.6. The van der Waals surface area contributed by atoms with Crippen molar-refractivity contribution in [1.29, 1.82) is 0 Å². The average Bonchev–Trinajstić information content (AvgIpc) is 2.33. The van der Waals surface area contributed by atoms with Crippen LogP contribution in [0.2, 0.25) is 0 Å². The minimum atomic E-state index is -4.74. The lowest BCUT2D eigenvalue weighted by atomic mass is 9.86. The molecule has 1 aliphatic rings. The number of carbonyl (C=O) groups excluding carboxylic acids is 1. The summed E-state index contributed by atoms with van der Waals surface area (Å²) in [5.74, 6) is 4.48. The van der Waals surface area contributed by atoms with Crippen LogP contribution in [-0.2, 0) is 5.54 Å². The zero-order valence-electron chi connectivity index (χ0n) is 11.2. The number of hydrogen-bond donors (Lipinski definition) is 2. The van der Waals surface area contributed by atoms with Crippen molar-refractivity contribution in [2.24, 2.45) is 5.92 Å². The van der Waals surface area contributed by atoms with E-state index in [1.54, 1.807) is 13.8 Å². The first-order chi connectivity index (χ1) is 9.65. The van der Waals surface area contributed by atoms with Crippen molar-refractivity contribution in [1.82, 2.24) is 5.32 Å². The molecule has 1 aromatic carbocycles. The van der Waals surface area contributed by atoms with E-state index in [1.165, 1.54) is 18.2 Å². The van der Waals surface area contributed by atoms with Gasteiger partial charge in [0.2, 0.25) is 5.54 Å². The third kappa shape index (κ3) is 2.86. The quantitative estimate of drug-likeness (QED) is 0.674. The molecule has 1 unspecified atom stereocenters. The van der Waals surface area contributed by atoms with Crippen LogP contribution in [0.15, 0.2) is 22.7 Å². The molecule has 1 aromatic rings. The molecule has 0 aromatic heterocycles. The molecule has 0 spiro atoms. The molecule has 0 saturated heterocycles. The molecule has 0 saturated carbocycles. The van der Waals surface area contributed by atoms with E-state index in [2.05, 4.69) is 33.1 Å². The first-order valence-corrected chi connectivity index (χ1v) is 6.93. The van der Waals surface area contributed by atoms with Crippen LogP contribution >= 0.6 is 15.9 Å². The van der Waals surface area contributed by atoms with Gasteiger partial charge in [-0.1, -0.05) is 47.7 Å². The van der Waals surface area contributed by atoms with Crippen molar-refractivity contribution in [3.8, 4) is 11.8 Å². The van der Waals surface area contributed by atoms with Crippen molar-refractivity contribution in [3.05, 3.63) is 28.2 Å². The summed E-state index contributed by atoms with van der Waals surface area (Å²) >= 11 is 3.17. The number of anilines is 1. The van der Waals surface area contributed by atoms with Gasteiger partial charge in [-0.15, -0.1) is 0 Å². The summed E-state index contributed by atoms with van der Waals surface area (Å²) < 4.78 is 41.5. The maximum absolute atomic E-state index is 13.6. The number of rotatable bonds is 0. The Bertz CT molecular complexity index is 646. The lowest BCUT2D eigenvalue weighted by Gasteiger charge is -2.37. The Kier molecular flexibility index (Phi) is 3.93. The maximum Gasteiger partial charge on any atom is 0.427 e. The van der Waals surface area contributed by atoms with Crippen LogP contribution in [-0.4, -0.2) is 12.2 Å². The minimum Gasteiger partial charge on any atom is -0.310 e. The number of carbonyl (C=O) groups is 1. The maximum atomic E-state index is 13.6. The number of alkyl halides is 3. The van der Waals surface area contributed by atoms with E-state index in [9.17, 15) is 18.0 Å². The number of hydrogen-bond acceptors (Lipinski definition) is 1. The number of urea groups is 1. The first kappa shape index (κ1) is 15.7. The van der Waals surface area contributed by atoms with Crippen LogP contribution in [0.5, 0.6) is 0 Å². The highest BCUT2D eigenvalue weighted by Gasteiger charge is 2.59. The number of nitrogens with one attached hydrogen (secondary N) is 2. The Labute approximate surface area is 128 Å².